The van der Waals surface area contributed by atoms with Gasteiger partial charge in [-0.25, -0.2) is 0 Å². The molecule has 2 saturated carbocycles. The molecule has 3 aliphatic heterocycles. The van der Waals surface area contributed by atoms with Crippen molar-refractivity contribution in [1.29, 1.82) is 0 Å². The molecule has 0 spiro atoms. The second-order valence-electron chi connectivity index (χ2n) is 16.1. The number of tetrazole rings is 1. The summed E-state index contributed by atoms with van der Waals surface area (Å²) < 4.78 is 0. The van der Waals surface area contributed by atoms with E-state index in [-0.39, 0.29) is 42.5 Å². The van der Waals surface area contributed by atoms with Crippen LogP contribution in [-0.4, -0.2) is 109 Å². The number of H-pyrrole nitrogens is 1. The van der Waals surface area contributed by atoms with Crippen LogP contribution in [-0.2, 0) is 19.2 Å². The normalized spacial score (nSPS) is 19.8. The van der Waals surface area contributed by atoms with E-state index in [1.165, 1.54) is 61.4 Å². The van der Waals surface area contributed by atoms with E-state index in [1.54, 1.807) is 14.0 Å². The number of aliphatic hydroxyl groups excluding tert-OH is 1. The number of rotatable bonds is 8. The molecule has 0 bridgehead atoms. The van der Waals surface area contributed by atoms with Crippen LogP contribution < -0.4 is 21.3 Å². The van der Waals surface area contributed by atoms with Gasteiger partial charge >= 0.3 is 5.97 Å². The fourth-order valence-corrected chi connectivity index (χ4v) is 7.32. The van der Waals surface area contributed by atoms with E-state index in [4.69, 9.17) is 11.5 Å². The first kappa shape index (κ1) is 58.9. The highest BCUT2D eigenvalue weighted by Crippen LogP contribution is 2.32. The minimum Gasteiger partial charge on any atom is -0.480 e. The molecule has 3 saturated heterocycles. The number of aliphatic carboxylic acids is 1. The number of carbonyl (C=O) groups excluding carboxylic acids is 4. The van der Waals surface area contributed by atoms with Gasteiger partial charge in [0.2, 0.25) is 5.91 Å². The second-order valence-corrected chi connectivity index (χ2v) is 16.1. The number of aliphatic hydroxyl groups is 1. The molecule has 5 aliphatic rings. The summed E-state index contributed by atoms with van der Waals surface area (Å²) in [7, 11) is 1.67. The van der Waals surface area contributed by atoms with Crippen molar-refractivity contribution in [2.24, 2.45) is 5.92 Å². The lowest BCUT2D eigenvalue weighted by atomic mass is 9.82. The minimum atomic E-state index is -0.849. The summed E-state index contributed by atoms with van der Waals surface area (Å²) in [5.41, 5.74) is 0.993. The van der Waals surface area contributed by atoms with Gasteiger partial charge < -0.3 is 31.5 Å². The highest BCUT2D eigenvalue weighted by molar-refractivity contribution is 5.82. The molecule has 70 heavy (non-hydrogen) atoms. The standard InChI is InChI=1S/C13H15NO4.C7H5NO3.C7H4.C6H12N2O.C6H10O.C5H9N5.C5H9NO2.H2/c15-12-4-2-1-3-11(12)13(16)9-5-7-10(8-6-9)14(17)18;9-5-6-1-3-7(4-2-6)8(10)11;1-3-5-7-6-4-2;1-7-6(9)5-3-2-4-8-5;7-6-4-2-1-3-5-6;1-2-4(6-3-1)5-7-9-10-8-5;7-5(8)4-2-1-3-6-4;/h5-8,11,13,16H,1-4H2;1-5H;1H,2H3;5,8H,2-4H2,1H3,(H,7,9);1-5H2;4,6H,1-3H2,(H,7,8,9,10);4,6H,1-3H2,(H,7,8);1H/t11-,13+;;;5-;;2*4-;/m1..0.00./s1. The molecule has 1 amide bonds. The monoisotopic (exact) mass is 970 g/mol. The van der Waals surface area contributed by atoms with E-state index >= 15 is 0 Å². The number of nitro benzene ring substituents is 2. The van der Waals surface area contributed by atoms with Crippen LogP contribution in [0.1, 0.15) is 139 Å². The van der Waals surface area contributed by atoms with Crippen molar-refractivity contribution in [3.8, 4) is 36.0 Å². The van der Waals surface area contributed by atoms with Gasteiger partial charge in [-0.15, -0.1) is 16.6 Å². The number of Topliss-reactive ketones (excluding diaryl/α,β-unsaturated/α-hetero) is 2. The molecule has 378 valence electrons. The zero-order chi connectivity index (χ0) is 51.5. The highest BCUT2D eigenvalue weighted by Gasteiger charge is 2.30. The fraction of sp³-hybridized carbons (Fsp3) is 0.510. The summed E-state index contributed by atoms with van der Waals surface area (Å²) in [4.78, 5) is 72.9. The summed E-state index contributed by atoms with van der Waals surface area (Å²) in [6.45, 7) is 4.62. The van der Waals surface area contributed by atoms with Crippen LogP contribution in [0.15, 0.2) is 48.5 Å². The lowest BCUT2D eigenvalue weighted by Crippen LogP contribution is -2.38. The smallest absolute Gasteiger partial charge is 0.320 e. The van der Waals surface area contributed by atoms with Crippen molar-refractivity contribution in [2.45, 2.75) is 127 Å². The lowest BCUT2D eigenvalue weighted by molar-refractivity contribution is -0.385. The lowest BCUT2D eigenvalue weighted by Gasteiger charge is -2.25. The van der Waals surface area contributed by atoms with Crippen LogP contribution in [0.5, 0.6) is 0 Å². The number of aromatic nitrogens is 4. The third-order valence-electron chi connectivity index (χ3n) is 11.1. The Kier molecular flexibility index (Phi) is 29.4. The van der Waals surface area contributed by atoms with E-state index in [0.29, 0.717) is 42.1 Å². The van der Waals surface area contributed by atoms with Crippen LogP contribution in [0.3, 0.4) is 0 Å². The Labute approximate surface area is 409 Å². The number of terminal acetylenes is 1. The quantitative estimate of drug-likeness (QED) is 0.0665. The van der Waals surface area contributed by atoms with Gasteiger partial charge in [0, 0.05) is 63.5 Å². The molecule has 8 rings (SSSR count). The molecule has 2 aliphatic carbocycles. The molecule has 21 nitrogen and oxygen atoms in total. The molecule has 3 aromatic rings. The maximum absolute atomic E-state index is 11.7. The average Bonchev–Trinajstić information content (AvgIpc) is 4.25. The van der Waals surface area contributed by atoms with Crippen molar-refractivity contribution < 1.29 is 45.5 Å². The number of carboxylic acids is 1. The van der Waals surface area contributed by atoms with E-state index in [0.717, 1.165) is 96.1 Å². The summed E-state index contributed by atoms with van der Waals surface area (Å²) in [6.07, 6.45) is 19.1. The molecule has 5 fully saturated rings. The number of nitrogens with one attached hydrogen (secondary N) is 5. The van der Waals surface area contributed by atoms with Gasteiger partial charge in [-0.1, -0.05) is 24.0 Å². The van der Waals surface area contributed by atoms with Crippen LogP contribution in [0.2, 0.25) is 0 Å². The van der Waals surface area contributed by atoms with Crippen molar-refractivity contribution >= 4 is 41.1 Å². The SMILES string of the molecule is C#CC#CC#CC.C1CN[C@H](c2nn[nH]n2)C1.CNC(=O)[C@@H]1CCCN1.O=C(O)[C@@H]1CCCN1.O=C1CCCCC1.O=C1CCCC[C@H]1[C@@H](O)c1ccc([N+](=O)[O-])cc1.O=Cc1ccc([N+](=O)[O-])cc1.[HH]. The van der Waals surface area contributed by atoms with Crippen LogP contribution >= 0.6 is 0 Å². The zero-order valence-corrected chi connectivity index (χ0v) is 39.7. The number of likely N-dealkylation sites (N-methyl/N-ethyl adjacent to an activating group) is 1. The maximum Gasteiger partial charge on any atom is 0.320 e. The number of hydrogen-bond donors (Lipinski definition) is 7. The van der Waals surface area contributed by atoms with Gasteiger partial charge in [-0.3, -0.25) is 44.2 Å². The number of aromatic amines is 1. The average molecular weight is 971 g/mol. The van der Waals surface area contributed by atoms with Crippen LogP contribution in [0, 0.1) is 62.2 Å². The summed E-state index contributed by atoms with van der Waals surface area (Å²) in [5.74, 6) is 12.4. The number of carbonyl (C=O) groups is 5. The van der Waals surface area contributed by atoms with Crippen LogP contribution in [0.25, 0.3) is 0 Å². The Hall–Kier alpha value is -7.22. The molecular formula is C49H66N10O11. The first-order valence-corrected chi connectivity index (χ1v) is 23.2. The molecule has 4 heterocycles. The van der Waals surface area contributed by atoms with Gasteiger partial charge in [0.25, 0.3) is 11.4 Å². The van der Waals surface area contributed by atoms with Crippen molar-refractivity contribution in [3.63, 3.8) is 0 Å². The Balaban J connectivity index is 0.000000425. The minimum absolute atomic E-state index is 0. The van der Waals surface area contributed by atoms with E-state index in [1.807, 2.05) is 0 Å². The predicted octanol–water partition coefficient (Wildman–Crippen LogP) is 5.14. The Morgan fingerprint density at radius 1 is 0.800 bits per heavy atom. The molecule has 7 N–H and O–H groups in total. The number of amides is 1. The molecule has 5 atom stereocenters. The number of hydrogen-bond acceptors (Lipinski definition) is 16. The largest absolute Gasteiger partial charge is 0.480 e. The van der Waals surface area contributed by atoms with Gasteiger partial charge in [-0.05, 0) is 144 Å². The number of nitro groups is 2. The van der Waals surface area contributed by atoms with Crippen molar-refractivity contribution in [1.82, 2.24) is 41.9 Å². The Bertz CT molecular complexity index is 2240. The van der Waals surface area contributed by atoms with E-state index in [2.05, 4.69) is 71.5 Å². The van der Waals surface area contributed by atoms with Crippen molar-refractivity contribution in [3.05, 3.63) is 85.7 Å². The van der Waals surface area contributed by atoms with E-state index in [9.17, 15) is 49.3 Å². The number of aldehydes is 1. The topological polar surface area (TPSA) is 315 Å². The Morgan fingerprint density at radius 2 is 1.37 bits per heavy atom. The second kappa shape index (κ2) is 35.0. The number of carboxylic acid groups (broad SMARTS) is 1. The molecule has 2 aromatic carbocycles. The van der Waals surface area contributed by atoms with E-state index < -0.39 is 21.9 Å². The first-order chi connectivity index (χ1) is 33.8. The Morgan fingerprint density at radius 3 is 1.79 bits per heavy atom. The van der Waals surface area contributed by atoms with Gasteiger partial charge in [0.1, 0.15) is 23.9 Å². The number of benzene rings is 2. The first-order valence-electron chi connectivity index (χ1n) is 23.2. The predicted molar refractivity (Wildman–Crippen MR) is 262 cm³/mol. The summed E-state index contributed by atoms with van der Waals surface area (Å²) >= 11 is 0. The van der Waals surface area contributed by atoms with Crippen LogP contribution in [0.4, 0.5) is 11.4 Å². The van der Waals surface area contributed by atoms with Gasteiger partial charge in [0.15, 0.2) is 5.82 Å². The third kappa shape index (κ3) is 23.7. The summed E-state index contributed by atoms with van der Waals surface area (Å²) in [5, 5.41) is 64.7. The number of nitrogens with zero attached hydrogens (tertiary/aromatic N) is 5. The molecule has 21 heteroatoms. The van der Waals surface area contributed by atoms with Gasteiger partial charge in [0.05, 0.1) is 28.0 Å². The number of ketones is 2. The fourth-order valence-electron chi connectivity index (χ4n) is 7.32. The third-order valence-corrected chi connectivity index (χ3v) is 11.1. The molecular weight excluding hydrogens is 905 g/mol. The highest BCUT2D eigenvalue weighted by atomic mass is 16.6. The molecule has 0 unspecified atom stereocenters. The molecule has 1 aromatic heterocycles. The number of non-ortho nitro benzene ring substituents is 2. The summed E-state index contributed by atoms with van der Waals surface area (Å²) in [6, 6.07) is 11.3. The van der Waals surface area contributed by atoms with Gasteiger partial charge in [-0.2, -0.15) is 5.21 Å². The van der Waals surface area contributed by atoms with Crippen molar-refractivity contribution in [2.75, 3.05) is 26.7 Å². The maximum atomic E-state index is 11.7. The molecule has 0 radical (unpaired) electrons. The zero-order valence-electron chi connectivity index (χ0n) is 39.7.